The van der Waals surface area contributed by atoms with E-state index in [1.165, 1.54) is 22.5 Å². The number of hydrogen-bond acceptors (Lipinski definition) is 4. The number of morpholine rings is 1. The lowest BCUT2D eigenvalue weighted by Gasteiger charge is -2.26. The Labute approximate surface area is 158 Å². The molecular weight excluding hydrogens is 371 g/mol. The fourth-order valence-electron chi connectivity index (χ4n) is 2.85. The molecule has 1 aliphatic rings. The number of halogens is 1. The fourth-order valence-corrected chi connectivity index (χ4v) is 4.29. The number of carbonyl (C=O) groups is 1. The standard InChI is InChI=1S/C19H21FN2O4S/c1-14-6-7-16(27(24,25)22-8-10-26-11-9-22)12-17(14)19(23)21-13-15-4-2-3-5-18(15)20/h2-7,12H,8-11,13H2,1H3,(H,21,23). The number of aryl methyl sites for hydroxylation is 1. The molecule has 0 aromatic heterocycles. The van der Waals surface area contributed by atoms with Crippen molar-refractivity contribution in [1.82, 2.24) is 9.62 Å². The Kier molecular flexibility index (Phi) is 5.88. The minimum atomic E-state index is -3.70. The Morgan fingerprint density at radius 2 is 1.89 bits per heavy atom. The summed E-state index contributed by atoms with van der Waals surface area (Å²) in [5, 5.41) is 2.65. The summed E-state index contributed by atoms with van der Waals surface area (Å²) in [7, 11) is -3.70. The van der Waals surface area contributed by atoms with Crippen molar-refractivity contribution < 1.29 is 22.3 Å². The molecule has 144 valence electrons. The van der Waals surface area contributed by atoms with Gasteiger partial charge in [-0.3, -0.25) is 4.79 Å². The van der Waals surface area contributed by atoms with Gasteiger partial charge in [0.2, 0.25) is 10.0 Å². The number of nitrogens with zero attached hydrogens (tertiary/aromatic N) is 1. The van der Waals surface area contributed by atoms with Gasteiger partial charge in [0.05, 0.1) is 18.1 Å². The van der Waals surface area contributed by atoms with Crippen LogP contribution in [-0.2, 0) is 21.3 Å². The molecule has 0 aliphatic carbocycles. The molecule has 6 nitrogen and oxygen atoms in total. The Morgan fingerprint density at radius 1 is 1.19 bits per heavy atom. The van der Waals surface area contributed by atoms with Gasteiger partial charge in [0.15, 0.2) is 0 Å². The van der Waals surface area contributed by atoms with Crippen LogP contribution in [0.25, 0.3) is 0 Å². The molecule has 1 N–H and O–H groups in total. The summed E-state index contributed by atoms with van der Waals surface area (Å²) in [6.07, 6.45) is 0. The second kappa shape index (κ2) is 8.16. The van der Waals surface area contributed by atoms with Gasteiger partial charge in [-0.15, -0.1) is 0 Å². The summed E-state index contributed by atoms with van der Waals surface area (Å²) in [6, 6.07) is 10.6. The molecule has 8 heteroatoms. The molecule has 0 radical (unpaired) electrons. The van der Waals surface area contributed by atoms with Crippen LogP contribution < -0.4 is 5.32 Å². The van der Waals surface area contributed by atoms with Crippen LogP contribution in [0.3, 0.4) is 0 Å². The van der Waals surface area contributed by atoms with Crippen molar-refractivity contribution in [3.63, 3.8) is 0 Å². The van der Waals surface area contributed by atoms with Gasteiger partial charge in [-0.05, 0) is 30.7 Å². The van der Waals surface area contributed by atoms with E-state index in [1.807, 2.05) is 0 Å². The number of hydrogen-bond donors (Lipinski definition) is 1. The normalized spacial score (nSPS) is 15.5. The maximum atomic E-state index is 13.7. The van der Waals surface area contributed by atoms with Crippen LogP contribution in [0.1, 0.15) is 21.5 Å². The van der Waals surface area contributed by atoms with Crippen molar-refractivity contribution in [1.29, 1.82) is 0 Å². The van der Waals surface area contributed by atoms with Gasteiger partial charge in [-0.2, -0.15) is 4.31 Å². The number of nitrogens with one attached hydrogen (secondary N) is 1. The van der Waals surface area contributed by atoms with Gasteiger partial charge < -0.3 is 10.1 Å². The number of carbonyl (C=O) groups excluding carboxylic acids is 1. The van der Waals surface area contributed by atoms with Crippen LogP contribution in [0.2, 0.25) is 0 Å². The first-order chi connectivity index (χ1) is 12.9. The lowest BCUT2D eigenvalue weighted by Crippen LogP contribution is -2.40. The van der Waals surface area contributed by atoms with Gasteiger partial charge in [0, 0.05) is 30.8 Å². The monoisotopic (exact) mass is 392 g/mol. The van der Waals surface area contributed by atoms with Crippen LogP contribution >= 0.6 is 0 Å². The summed E-state index contributed by atoms with van der Waals surface area (Å²) in [5.74, 6) is -0.854. The van der Waals surface area contributed by atoms with E-state index in [9.17, 15) is 17.6 Å². The lowest BCUT2D eigenvalue weighted by atomic mass is 10.1. The molecular formula is C19H21FN2O4S. The number of sulfonamides is 1. The summed E-state index contributed by atoms with van der Waals surface area (Å²) in [6.45, 7) is 3.01. The second-order valence-corrected chi connectivity index (χ2v) is 8.21. The first kappa shape index (κ1) is 19.5. The van der Waals surface area contributed by atoms with E-state index < -0.39 is 21.7 Å². The Balaban J connectivity index is 1.80. The molecule has 1 heterocycles. The third-order valence-electron chi connectivity index (χ3n) is 4.46. The van der Waals surface area contributed by atoms with Crippen molar-refractivity contribution in [2.75, 3.05) is 26.3 Å². The summed E-state index contributed by atoms with van der Waals surface area (Å²) in [4.78, 5) is 12.6. The van der Waals surface area contributed by atoms with Crippen molar-refractivity contribution in [3.05, 3.63) is 65.0 Å². The molecule has 0 unspecified atom stereocenters. The van der Waals surface area contributed by atoms with E-state index in [0.717, 1.165) is 0 Å². The van der Waals surface area contributed by atoms with Crippen LogP contribution in [0.5, 0.6) is 0 Å². The fraction of sp³-hybridized carbons (Fsp3) is 0.316. The Morgan fingerprint density at radius 3 is 2.59 bits per heavy atom. The lowest BCUT2D eigenvalue weighted by molar-refractivity contribution is 0.0730. The van der Waals surface area contributed by atoms with E-state index in [0.29, 0.717) is 24.3 Å². The molecule has 27 heavy (non-hydrogen) atoms. The maximum Gasteiger partial charge on any atom is 0.251 e. The van der Waals surface area contributed by atoms with Crippen molar-refractivity contribution in [2.45, 2.75) is 18.4 Å². The molecule has 1 saturated heterocycles. The predicted octanol–water partition coefficient (Wildman–Crippen LogP) is 2.09. The highest BCUT2D eigenvalue weighted by atomic mass is 32.2. The van der Waals surface area contributed by atoms with Crippen molar-refractivity contribution in [3.8, 4) is 0 Å². The summed E-state index contributed by atoms with van der Waals surface area (Å²) >= 11 is 0. The third kappa shape index (κ3) is 4.35. The minimum absolute atomic E-state index is 0.0192. The summed E-state index contributed by atoms with van der Waals surface area (Å²) < 4.78 is 45.8. The number of ether oxygens (including phenoxy) is 1. The third-order valence-corrected chi connectivity index (χ3v) is 6.35. The van der Waals surface area contributed by atoms with Crippen LogP contribution in [0, 0.1) is 12.7 Å². The van der Waals surface area contributed by atoms with Gasteiger partial charge in [-0.25, -0.2) is 12.8 Å². The smallest absolute Gasteiger partial charge is 0.251 e. The zero-order valence-electron chi connectivity index (χ0n) is 14.9. The molecule has 2 aromatic rings. The maximum absolute atomic E-state index is 13.7. The van der Waals surface area contributed by atoms with Gasteiger partial charge in [-0.1, -0.05) is 24.3 Å². The van der Waals surface area contributed by atoms with Crippen molar-refractivity contribution >= 4 is 15.9 Å². The highest BCUT2D eigenvalue weighted by Gasteiger charge is 2.27. The van der Waals surface area contributed by atoms with Crippen molar-refractivity contribution in [2.24, 2.45) is 0 Å². The topological polar surface area (TPSA) is 75.7 Å². The molecule has 0 spiro atoms. The SMILES string of the molecule is Cc1ccc(S(=O)(=O)N2CCOCC2)cc1C(=O)NCc1ccccc1F. The largest absolute Gasteiger partial charge is 0.379 e. The molecule has 0 bridgehead atoms. The van der Waals surface area contributed by atoms with Gasteiger partial charge in [0.25, 0.3) is 5.91 Å². The minimum Gasteiger partial charge on any atom is -0.379 e. The molecule has 1 aliphatic heterocycles. The van der Waals surface area contributed by atoms with Gasteiger partial charge in [0.1, 0.15) is 5.82 Å². The number of benzene rings is 2. The van der Waals surface area contributed by atoms with E-state index in [2.05, 4.69) is 5.32 Å². The molecule has 0 atom stereocenters. The Bertz CT molecular complexity index is 940. The first-order valence-electron chi connectivity index (χ1n) is 8.60. The second-order valence-electron chi connectivity index (χ2n) is 6.27. The van der Waals surface area contributed by atoms with E-state index in [1.54, 1.807) is 31.2 Å². The molecule has 3 rings (SSSR count). The van der Waals surface area contributed by atoms with Crippen LogP contribution in [0.15, 0.2) is 47.4 Å². The molecule has 2 aromatic carbocycles. The highest BCUT2D eigenvalue weighted by Crippen LogP contribution is 2.21. The Hall–Kier alpha value is -2.29. The van der Waals surface area contributed by atoms with E-state index in [4.69, 9.17) is 4.74 Å². The quantitative estimate of drug-likeness (QED) is 0.845. The highest BCUT2D eigenvalue weighted by molar-refractivity contribution is 7.89. The van der Waals surface area contributed by atoms with Crippen LogP contribution in [-0.4, -0.2) is 44.9 Å². The zero-order valence-corrected chi connectivity index (χ0v) is 15.8. The number of rotatable bonds is 5. The summed E-state index contributed by atoms with van der Waals surface area (Å²) in [5.41, 5.74) is 1.25. The van der Waals surface area contributed by atoms with Gasteiger partial charge >= 0.3 is 0 Å². The average molecular weight is 392 g/mol. The number of amides is 1. The molecule has 1 amide bonds. The zero-order chi connectivity index (χ0) is 19.4. The van der Waals surface area contributed by atoms with E-state index in [-0.39, 0.29) is 30.1 Å². The molecule has 1 fully saturated rings. The molecule has 0 saturated carbocycles. The average Bonchev–Trinajstić information content (AvgIpc) is 2.68. The predicted molar refractivity (Wildman–Crippen MR) is 98.3 cm³/mol. The van der Waals surface area contributed by atoms with Crippen LogP contribution in [0.4, 0.5) is 4.39 Å². The first-order valence-corrected chi connectivity index (χ1v) is 10.0. The van der Waals surface area contributed by atoms with E-state index >= 15 is 0 Å².